The fraction of sp³-hybridized carbons (Fsp3) is 0.600. The number of nitrogens with zero attached hydrogens (tertiary/aromatic N) is 3. The van der Waals surface area contributed by atoms with Gasteiger partial charge in [0.05, 0.1) is 6.54 Å². The molecular weight excluding hydrogens is 250 g/mol. The Hall–Kier alpha value is -1.78. The van der Waals surface area contributed by atoms with Crippen LogP contribution in [0.5, 0.6) is 0 Å². The summed E-state index contributed by atoms with van der Waals surface area (Å²) in [6.07, 6.45) is 12.5. The van der Waals surface area contributed by atoms with Gasteiger partial charge in [0.2, 0.25) is 0 Å². The Labute approximate surface area is 121 Å². The molecular formula is C15H25N5. The molecule has 2 N–H and O–H groups in total. The van der Waals surface area contributed by atoms with E-state index in [1.807, 2.05) is 24.0 Å². The molecule has 20 heavy (non-hydrogen) atoms. The Morgan fingerprint density at radius 3 is 2.95 bits per heavy atom. The first kappa shape index (κ1) is 14.6. The molecule has 0 aromatic carbocycles. The van der Waals surface area contributed by atoms with Gasteiger partial charge < -0.3 is 10.6 Å². The normalized spacial score (nSPS) is 15.8. The maximum Gasteiger partial charge on any atom is 0.191 e. The van der Waals surface area contributed by atoms with Crippen molar-refractivity contribution in [3.8, 4) is 0 Å². The second-order valence-electron chi connectivity index (χ2n) is 5.05. The van der Waals surface area contributed by atoms with Gasteiger partial charge in [0.1, 0.15) is 0 Å². The summed E-state index contributed by atoms with van der Waals surface area (Å²) in [7, 11) is 1.81. The zero-order valence-corrected chi connectivity index (χ0v) is 12.3. The second kappa shape index (κ2) is 8.40. The minimum atomic E-state index is 0.823. The summed E-state index contributed by atoms with van der Waals surface area (Å²) in [5.41, 5.74) is 1.59. The first-order valence-corrected chi connectivity index (χ1v) is 7.48. The van der Waals surface area contributed by atoms with Gasteiger partial charge in [0.15, 0.2) is 5.96 Å². The van der Waals surface area contributed by atoms with Crippen LogP contribution in [0.3, 0.4) is 0 Å². The van der Waals surface area contributed by atoms with Gasteiger partial charge in [0.25, 0.3) is 0 Å². The third-order valence-corrected chi connectivity index (χ3v) is 3.54. The Kier molecular flexibility index (Phi) is 6.14. The fourth-order valence-corrected chi connectivity index (χ4v) is 2.42. The topological polar surface area (TPSA) is 54.2 Å². The molecule has 0 aliphatic heterocycles. The van der Waals surface area contributed by atoms with Crippen LogP contribution in [0.25, 0.3) is 0 Å². The molecule has 0 bridgehead atoms. The van der Waals surface area contributed by atoms with E-state index >= 15 is 0 Å². The number of rotatable bonds is 6. The Morgan fingerprint density at radius 1 is 1.35 bits per heavy atom. The van der Waals surface area contributed by atoms with Crippen LogP contribution in [0.2, 0.25) is 0 Å². The maximum atomic E-state index is 4.23. The van der Waals surface area contributed by atoms with E-state index in [1.54, 1.807) is 11.8 Å². The number of nitrogens with one attached hydrogen (secondary N) is 2. The van der Waals surface area contributed by atoms with Crippen LogP contribution in [0.4, 0.5) is 0 Å². The lowest BCUT2D eigenvalue weighted by atomic mass is 9.97. The molecule has 0 saturated carbocycles. The van der Waals surface area contributed by atoms with E-state index in [2.05, 4.69) is 26.8 Å². The van der Waals surface area contributed by atoms with Crippen LogP contribution >= 0.6 is 0 Å². The molecule has 1 aliphatic rings. The van der Waals surface area contributed by atoms with Crippen LogP contribution in [0.1, 0.15) is 32.1 Å². The smallest absolute Gasteiger partial charge is 0.191 e. The molecule has 2 rings (SSSR count). The molecule has 1 aliphatic carbocycles. The molecule has 0 spiro atoms. The summed E-state index contributed by atoms with van der Waals surface area (Å²) in [4.78, 5) is 4.23. The SMILES string of the molecule is CN=C(NCCC1=CCCCC1)NCCn1cccn1. The summed E-state index contributed by atoms with van der Waals surface area (Å²) in [6, 6.07) is 1.94. The Bertz CT molecular complexity index is 433. The highest BCUT2D eigenvalue weighted by molar-refractivity contribution is 5.79. The lowest BCUT2D eigenvalue weighted by Gasteiger charge is -2.15. The quantitative estimate of drug-likeness (QED) is 0.474. The van der Waals surface area contributed by atoms with Crippen molar-refractivity contribution in [2.75, 3.05) is 20.1 Å². The van der Waals surface area contributed by atoms with E-state index < -0.39 is 0 Å². The van der Waals surface area contributed by atoms with Crippen molar-refractivity contribution in [3.63, 3.8) is 0 Å². The van der Waals surface area contributed by atoms with Crippen LogP contribution < -0.4 is 10.6 Å². The molecule has 0 atom stereocenters. The van der Waals surface area contributed by atoms with E-state index in [-0.39, 0.29) is 0 Å². The third-order valence-electron chi connectivity index (χ3n) is 3.54. The molecule has 0 saturated heterocycles. The first-order chi connectivity index (χ1) is 9.88. The van der Waals surface area contributed by atoms with Crippen LogP contribution in [-0.2, 0) is 6.54 Å². The molecule has 5 nitrogen and oxygen atoms in total. The molecule has 0 radical (unpaired) electrons. The summed E-state index contributed by atoms with van der Waals surface area (Å²) >= 11 is 0. The molecule has 0 amide bonds. The van der Waals surface area contributed by atoms with Gasteiger partial charge in [-0.25, -0.2) is 0 Å². The zero-order valence-electron chi connectivity index (χ0n) is 12.3. The summed E-state index contributed by atoms with van der Waals surface area (Å²) in [6.45, 7) is 2.62. The van der Waals surface area contributed by atoms with Crippen molar-refractivity contribution in [1.82, 2.24) is 20.4 Å². The number of guanidine groups is 1. The van der Waals surface area contributed by atoms with E-state index in [4.69, 9.17) is 0 Å². The highest BCUT2D eigenvalue weighted by Gasteiger charge is 2.04. The minimum Gasteiger partial charge on any atom is -0.356 e. The van der Waals surface area contributed by atoms with Gasteiger partial charge in [-0.2, -0.15) is 5.10 Å². The van der Waals surface area contributed by atoms with Gasteiger partial charge >= 0.3 is 0 Å². The number of hydrogen-bond donors (Lipinski definition) is 2. The van der Waals surface area contributed by atoms with Crippen molar-refractivity contribution >= 4 is 5.96 Å². The van der Waals surface area contributed by atoms with E-state index in [0.29, 0.717) is 0 Å². The summed E-state index contributed by atoms with van der Waals surface area (Å²) in [5.74, 6) is 0.869. The average Bonchev–Trinajstić information content (AvgIpc) is 3.00. The van der Waals surface area contributed by atoms with Gasteiger partial charge in [-0.3, -0.25) is 9.67 Å². The van der Waals surface area contributed by atoms with Crippen molar-refractivity contribution in [3.05, 3.63) is 30.1 Å². The largest absolute Gasteiger partial charge is 0.356 e. The standard InChI is InChI=1S/C15H25N5/c1-16-15(18-11-13-20-12-5-9-19-20)17-10-8-14-6-3-2-4-7-14/h5-6,9,12H,2-4,7-8,10-11,13H2,1H3,(H2,16,17,18). The summed E-state index contributed by atoms with van der Waals surface area (Å²) in [5, 5.41) is 10.8. The van der Waals surface area contributed by atoms with Crippen LogP contribution in [0.15, 0.2) is 35.1 Å². The predicted molar refractivity (Wildman–Crippen MR) is 82.8 cm³/mol. The maximum absolute atomic E-state index is 4.23. The number of aliphatic imine (C=N–C) groups is 1. The van der Waals surface area contributed by atoms with E-state index in [9.17, 15) is 0 Å². The third kappa shape index (κ3) is 5.07. The summed E-state index contributed by atoms with van der Waals surface area (Å²) < 4.78 is 1.91. The van der Waals surface area contributed by atoms with Gasteiger partial charge in [-0.1, -0.05) is 11.6 Å². The lowest BCUT2D eigenvalue weighted by molar-refractivity contribution is 0.597. The highest BCUT2D eigenvalue weighted by atomic mass is 15.3. The lowest BCUT2D eigenvalue weighted by Crippen LogP contribution is -2.39. The minimum absolute atomic E-state index is 0.823. The van der Waals surface area contributed by atoms with E-state index in [1.165, 1.54) is 25.7 Å². The van der Waals surface area contributed by atoms with Crippen molar-refractivity contribution < 1.29 is 0 Å². The molecule has 1 aromatic rings. The van der Waals surface area contributed by atoms with Crippen molar-refractivity contribution in [1.29, 1.82) is 0 Å². The Morgan fingerprint density at radius 2 is 2.25 bits per heavy atom. The van der Waals surface area contributed by atoms with Crippen LogP contribution in [0, 0.1) is 0 Å². The highest BCUT2D eigenvalue weighted by Crippen LogP contribution is 2.19. The monoisotopic (exact) mass is 275 g/mol. The molecule has 1 heterocycles. The number of allylic oxidation sites excluding steroid dienone is 1. The predicted octanol–water partition coefficient (Wildman–Crippen LogP) is 1.94. The number of aromatic nitrogens is 2. The van der Waals surface area contributed by atoms with Gasteiger partial charge in [-0.05, 0) is 38.2 Å². The van der Waals surface area contributed by atoms with E-state index in [0.717, 1.165) is 32.0 Å². The molecule has 5 heteroatoms. The number of hydrogen-bond acceptors (Lipinski definition) is 2. The fourth-order valence-electron chi connectivity index (χ4n) is 2.42. The van der Waals surface area contributed by atoms with Gasteiger partial charge in [-0.15, -0.1) is 0 Å². The first-order valence-electron chi connectivity index (χ1n) is 7.48. The van der Waals surface area contributed by atoms with Crippen molar-refractivity contribution in [2.24, 2.45) is 4.99 Å². The van der Waals surface area contributed by atoms with Crippen molar-refractivity contribution in [2.45, 2.75) is 38.6 Å². The molecule has 110 valence electrons. The average molecular weight is 275 g/mol. The Balaban J connectivity index is 1.61. The zero-order chi connectivity index (χ0) is 14.0. The molecule has 0 fully saturated rings. The second-order valence-corrected chi connectivity index (χ2v) is 5.05. The van der Waals surface area contributed by atoms with Crippen LogP contribution in [-0.4, -0.2) is 35.9 Å². The van der Waals surface area contributed by atoms with Gasteiger partial charge in [0, 0.05) is 32.5 Å². The molecule has 1 aromatic heterocycles. The molecule has 0 unspecified atom stereocenters.